The molecule has 7 nitrogen and oxygen atoms in total. The van der Waals surface area contributed by atoms with E-state index in [0.717, 1.165) is 0 Å². The number of rotatable bonds is 6. The molecule has 0 N–H and O–H groups in total. The average Bonchev–Trinajstić information content (AvgIpc) is 3.04. The van der Waals surface area contributed by atoms with Crippen LogP contribution in [0.2, 0.25) is 5.02 Å². The van der Waals surface area contributed by atoms with Crippen molar-refractivity contribution < 1.29 is 18.3 Å². The highest BCUT2D eigenvalue weighted by Crippen LogP contribution is 2.28. The van der Waals surface area contributed by atoms with Crippen LogP contribution in [0.1, 0.15) is 5.69 Å². The summed E-state index contributed by atoms with van der Waals surface area (Å²) in [5, 5.41) is 7.91. The number of ether oxygens (including phenoxy) is 2. The van der Waals surface area contributed by atoms with E-state index in [1.807, 2.05) is 0 Å². The lowest BCUT2D eigenvalue weighted by Gasteiger charge is -2.08. The molecule has 0 atom stereocenters. The Bertz CT molecular complexity index is 816. The van der Waals surface area contributed by atoms with Crippen molar-refractivity contribution in [2.24, 2.45) is 0 Å². The Labute approximate surface area is 139 Å². The third-order valence-corrected chi connectivity index (χ3v) is 3.14. The first-order valence-electron chi connectivity index (χ1n) is 6.67. The van der Waals surface area contributed by atoms with Crippen LogP contribution in [-0.2, 0) is 6.61 Å². The van der Waals surface area contributed by atoms with E-state index in [1.165, 1.54) is 16.8 Å². The molecule has 0 aliphatic rings. The third-order valence-electron chi connectivity index (χ3n) is 2.83. The van der Waals surface area contributed by atoms with Crippen molar-refractivity contribution in [1.82, 2.24) is 25.0 Å². The molecule has 0 aliphatic heterocycles. The molecule has 10 heteroatoms. The number of nitrogens with zero attached hydrogens (tertiary/aromatic N) is 5. The number of benzene rings is 1. The molecule has 0 unspecified atom stereocenters. The van der Waals surface area contributed by atoms with Crippen molar-refractivity contribution in [3.8, 4) is 17.4 Å². The van der Waals surface area contributed by atoms with Crippen LogP contribution in [0.25, 0.3) is 5.69 Å². The summed E-state index contributed by atoms with van der Waals surface area (Å²) in [4.78, 5) is 7.83. The molecule has 3 rings (SSSR count). The average molecular weight is 354 g/mol. The summed E-state index contributed by atoms with van der Waals surface area (Å²) in [6, 6.07) is 6.26. The minimum absolute atomic E-state index is 0.0731. The van der Waals surface area contributed by atoms with Gasteiger partial charge in [-0.2, -0.15) is 8.78 Å². The monoisotopic (exact) mass is 353 g/mol. The van der Waals surface area contributed by atoms with E-state index < -0.39 is 6.61 Å². The Balaban J connectivity index is 1.73. The second-order valence-corrected chi connectivity index (χ2v) is 4.87. The molecule has 24 heavy (non-hydrogen) atoms. The van der Waals surface area contributed by atoms with E-state index in [-0.39, 0.29) is 23.4 Å². The minimum atomic E-state index is -2.97. The zero-order valence-corrected chi connectivity index (χ0v) is 12.8. The van der Waals surface area contributed by atoms with Crippen LogP contribution in [0.5, 0.6) is 11.8 Å². The maximum absolute atomic E-state index is 12.4. The topological polar surface area (TPSA) is 75.0 Å². The van der Waals surface area contributed by atoms with Crippen LogP contribution < -0.4 is 9.47 Å². The summed E-state index contributed by atoms with van der Waals surface area (Å²) in [7, 11) is 0. The van der Waals surface area contributed by atoms with Gasteiger partial charge in [0.15, 0.2) is 0 Å². The molecule has 0 fully saturated rings. The SMILES string of the molecule is FC(F)Oc1cc(-n2cc(COc3ncccn3)nn2)ccc1Cl. The molecule has 3 aromatic rings. The molecule has 124 valence electrons. The molecule has 0 saturated heterocycles. The Hall–Kier alpha value is -2.81. The van der Waals surface area contributed by atoms with Crippen molar-refractivity contribution >= 4 is 11.6 Å². The molecule has 0 saturated carbocycles. The summed E-state index contributed by atoms with van der Waals surface area (Å²) < 4.78 is 35.8. The van der Waals surface area contributed by atoms with Gasteiger partial charge in [-0.05, 0) is 18.2 Å². The first-order valence-corrected chi connectivity index (χ1v) is 7.05. The predicted octanol–water partition coefficient (Wildman–Crippen LogP) is 2.89. The van der Waals surface area contributed by atoms with Gasteiger partial charge >= 0.3 is 12.6 Å². The van der Waals surface area contributed by atoms with Gasteiger partial charge in [-0.25, -0.2) is 14.6 Å². The number of hydrogen-bond acceptors (Lipinski definition) is 6. The molecule has 0 aliphatic carbocycles. The zero-order valence-electron chi connectivity index (χ0n) is 12.0. The lowest BCUT2D eigenvalue weighted by molar-refractivity contribution is -0.0497. The van der Waals surface area contributed by atoms with Gasteiger partial charge in [0.25, 0.3) is 0 Å². The second-order valence-electron chi connectivity index (χ2n) is 4.47. The largest absolute Gasteiger partial charge is 0.457 e. The van der Waals surface area contributed by atoms with Crippen molar-refractivity contribution in [2.45, 2.75) is 13.2 Å². The van der Waals surface area contributed by atoms with Crippen molar-refractivity contribution in [3.05, 3.63) is 53.6 Å². The van der Waals surface area contributed by atoms with Gasteiger partial charge in [0.05, 0.1) is 16.9 Å². The van der Waals surface area contributed by atoms with E-state index in [0.29, 0.717) is 11.4 Å². The Kier molecular flexibility index (Phi) is 4.80. The highest BCUT2D eigenvalue weighted by Gasteiger charge is 2.11. The molecule has 0 radical (unpaired) electrons. The third kappa shape index (κ3) is 3.93. The van der Waals surface area contributed by atoms with Crippen LogP contribution in [0.4, 0.5) is 8.78 Å². The van der Waals surface area contributed by atoms with E-state index in [2.05, 4.69) is 25.0 Å². The second kappa shape index (κ2) is 7.18. The molecule has 1 aromatic carbocycles. The smallest absolute Gasteiger partial charge is 0.387 e. The summed E-state index contributed by atoms with van der Waals surface area (Å²) in [6.45, 7) is -2.86. The molecule has 0 bridgehead atoms. The Morgan fingerprint density at radius 1 is 1.21 bits per heavy atom. The normalized spacial score (nSPS) is 10.8. The maximum Gasteiger partial charge on any atom is 0.387 e. The van der Waals surface area contributed by atoms with Gasteiger partial charge in [0, 0.05) is 18.5 Å². The fourth-order valence-electron chi connectivity index (χ4n) is 1.81. The summed E-state index contributed by atoms with van der Waals surface area (Å²) in [6.07, 6.45) is 4.69. The van der Waals surface area contributed by atoms with Gasteiger partial charge in [-0.3, -0.25) is 0 Å². The van der Waals surface area contributed by atoms with Crippen molar-refractivity contribution in [1.29, 1.82) is 0 Å². The molecule has 0 amide bonds. The zero-order chi connectivity index (χ0) is 16.9. The molecule has 0 spiro atoms. The van der Waals surface area contributed by atoms with Crippen LogP contribution in [0.3, 0.4) is 0 Å². The molecule has 2 aromatic heterocycles. The fraction of sp³-hybridized carbons (Fsp3) is 0.143. The lowest BCUT2D eigenvalue weighted by atomic mass is 10.3. The number of halogens is 3. The van der Waals surface area contributed by atoms with Gasteiger partial charge in [0.1, 0.15) is 18.1 Å². The van der Waals surface area contributed by atoms with Crippen molar-refractivity contribution in [2.75, 3.05) is 0 Å². The van der Waals surface area contributed by atoms with Gasteiger partial charge in [0.2, 0.25) is 0 Å². The van der Waals surface area contributed by atoms with Gasteiger partial charge in [-0.15, -0.1) is 5.10 Å². The van der Waals surface area contributed by atoms with Crippen molar-refractivity contribution in [3.63, 3.8) is 0 Å². The molecular weight excluding hydrogens is 344 g/mol. The van der Waals surface area contributed by atoms with Crippen LogP contribution in [0.15, 0.2) is 42.9 Å². The molecular formula is C14H10ClF2N5O2. The summed E-state index contributed by atoms with van der Waals surface area (Å²) in [5.41, 5.74) is 0.971. The number of alkyl halides is 2. The van der Waals surface area contributed by atoms with Gasteiger partial charge < -0.3 is 9.47 Å². The Morgan fingerprint density at radius 2 is 2.00 bits per heavy atom. The standard InChI is InChI=1S/C14H10ClF2N5O2/c15-11-3-2-10(6-12(11)24-13(16)17)22-7-9(20-21-22)8-23-14-18-4-1-5-19-14/h1-7,13H,8H2. The van der Waals surface area contributed by atoms with E-state index in [4.69, 9.17) is 16.3 Å². The Morgan fingerprint density at radius 3 is 2.75 bits per heavy atom. The van der Waals surface area contributed by atoms with Crippen LogP contribution in [0, 0.1) is 0 Å². The van der Waals surface area contributed by atoms with Crippen LogP contribution >= 0.6 is 11.6 Å². The highest BCUT2D eigenvalue weighted by molar-refractivity contribution is 6.32. The van der Waals surface area contributed by atoms with E-state index in [1.54, 1.807) is 30.7 Å². The minimum Gasteiger partial charge on any atom is -0.457 e. The van der Waals surface area contributed by atoms with E-state index in [9.17, 15) is 8.78 Å². The lowest BCUT2D eigenvalue weighted by Crippen LogP contribution is -2.03. The van der Waals surface area contributed by atoms with Gasteiger partial charge in [-0.1, -0.05) is 16.8 Å². The summed E-state index contributed by atoms with van der Waals surface area (Å²) in [5.74, 6) is -0.143. The molecule has 2 heterocycles. The van der Waals surface area contributed by atoms with Crippen LogP contribution in [-0.4, -0.2) is 31.6 Å². The first-order chi connectivity index (χ1) is 11.6. The number of hydrogen-bond donors (Lipinski definition) is 0. The predicted molar refractivity (Wildman–Crippen MR) is 79.4 cm³/mol. The summed E-state index contributed by atoms with van der Waals surface area (Å²) >= 11 is 5.81. The number of aromatic nitrogens is 5. The maximum atomic E-state index is 12.4. The fourth-order valence-corrected chi connectivity index (χ4v) is 1.97. The first kappa shape index (κ1) is 16.1. The quantitative estimate of drug-likeness (QED) is 0.678. The van der Waals surface area contributed by atoms with E-state index >= 15 is 0 Å². The highest BCUT2D eigenvalue weighted by atomic mass is 35.5.